The third-order valence-electron chi connectivity index (χ3n) is 3.37. The fourth-order valence-corrected chi connectivity index (χ4v) is 2.24. The molecule has 0 aliphatic heterocycles. The molecule has 0 aromatic heterocycles. The van der Waals surface area contributed by atoms with Crippen molar-refractivity contribution in [2.45, 2.75) is 33.3 Å². The standard InChI is InChI=1S/C16H18O2/c1-10(2)8-9-12-11(3)15(17)13-6-4-5-7-14(13)16(12)18/h4-8,15,17H,9H2,1-3H3. The SMILES string of the molecule is CC(C)=CCC1=C(C)C(O)c2ccccc2C1=O. The molecule has 1 aromatic rings. The quantitative estimate of drug-likeness (QED) is 0.805. The van der Waals surface area contributed by atoms with Gasteiger partial charge in [0, 0.05) is 11.1 Å². The minimum atomic E-state index is -0.653. The van der Waals surface area contributed by atoms with Gasteiger partial charge in [-0.05, 0) is 38.3 Å². The first kappa shape index (κ1) is 12.8. The topological polar surface area (TPSA) is 37.3 Å². The Morgan fingerprint density at radius 3 is 2.67 bits per heavy atom. The molecule has 1 aliphatic carbocycles. The van der Waals surface area contributed by atoms with E-state index in [-0.39, 0.29) is 5.78 Å². The van der Waals surface area contributed by atoms with Crippen molar-refractivity contribution in [3.63, 3.8) is 0 Å². The number of hydrogen-bond acceptors (Lipinski definition) is 2. The zero-order chi connectivity index (χ0) is 13.3. The van der Waals surface area contributed by atoms with Crippen molar-refractivity contribution in [1.29, 1.82) is 0 Å². The van der Waals surface area contributed by atoms with Gasteiger partial charge in [-0.15, -0.1) is 0 Å². The number of carbonyl (C=O) groups is 1. The number of rotatable bonds is 2. The normalized spacial score (nSPS) is 18.7. The van der Waals surface area contributed by atoms with Crippen LogP contribution in [-0.2, 0) is 0 Å². The second-order valence-corrected chi connectivity index (χ2v) is 4.97. The summed E-state index contributed by atoms with van der Waals surface area (Å²) in [5.41, 5.74) is 4.03. The Balaban J connectivity index is 2.46. The van der Waals surface area contributed by atoms with Gasteiger partial charge in [-0.1, -0.05) is 35.9 Å². The number of hydrogen-bond donors (Lipinski definition) is 1. The van der Waals surface area contributed by atoms with Gasteiger partial charge in [0.2, 0.25) is 0 Å². The summed E-state index contributed by atoms with van der Waals surface area (Å²) < 4.78 is 0. The van der Waals surface area contributed by atoms with Crippen molar-refractivity contribution in [3.05, 3.63) is 58.2 Å². The molecule has 2 nitrogen and oxygen atoms in total. The largest absolute Gasteiger partial charge is 0.384 e. The maximum atomic E-state index is 12.4. The lowest BCUT2D eigenvalue weighted by Gasteiger charge is -2.24. The summed E-state index contributed by atoms with van der Waals surface area (Å²) in [6.45, 7) is 5.85. The summed E-state index contributed by atoms with van der Waals surface area (Å²) in [6.07, 6.45) is 1.97. The second kappa shape index (κ2) is 4.91. The van der Waals surface area contributed by atoms with E-state index in [4.69, 9.17) is 0 Å². The highest BCUT2D eigenvalue weighted by atomic mass is 16.3. The highest BCUT2D eigenvalue weighted by molar-refractivity contribution is 6.11. The van der Waals surface area contributed by atoms with Crippen LogP contribution in [-0.4, -0.2) is 10.9 Å². The number of fused-ring (bicyclic) bond motifs is 1. The third-order valence-corrected chi connectivity index (χ3v) is 3.37. The van der Waals surface area contributed by atoms with Gasteiger partial charge in [0.15, 0.2) is 5.78 Å². The van der Waals surface area contributed by atoms with Gasteiger partial charge in [-0.2, -0.15) is 0 Å². The van der Waals surface area contributed by atoms with Crippen molar-refractivity contribution in [2.24, 2.45) is 0 Å². The molecule has 2 rings (SSSR count). The number of allylic oxidation sites excluding steroid dienone is 3. The van der Waals surface area contributed by atoms with Gasteiger partial charge in [0.25, 0.3) is 0 Å². The van der Waals surface area contributed by atoms with E-state index in [0.717, 1.165) is 16.7 Å². The fourth-order valence-electron chi connectivity index (χ4n) is 2.24. The predicted molar refractivity (Wildman–Crippen MR) is 72.5 cm³/mol. The van der Waals surface area contributed by atoms with Gasteiger partial charge < -0.3 is 5.11 Å². The molecule has 0 radical (unpaired) electrons. The van der Waals surface area contributed by atoms with E-state index in [1.807, 2.05) is 45.0 Å². The van der Waals surface area contributed by atoms with Crippen LogP contribution >= 0.6 is 0 Å². The molecule has 1 atom stereocenters. The fraction of sp³-hybridized carbons (Fsp3) is 0.312. The predicted octanol–water partition coefficient (Wildman–Crippen LogP) is 3.59. The minimum Gasteiger partial charge on any atom is -0.384 e. The molecule has 1 N–H and O–H groups in total. The molecule has 1 aromatic carbocycles. The van der Waals surface area contributed by atoms with Gasteiger partial charge in [-0.25, -0.2) is 0 Å². The smallest absolute Gasteiger partial charge is 0.189 e. The van der Waals surface area contributed by atoms with Crippen LogP contribution in [0.15, 0.2) is 47.1 Å². The van der Waals surface area contributed by atoms with Crippen molar-refractivity contribution in [1.82, 2.24) is 0 Å². The Morgan fingerprint density at radius 1 is 1.33 bits per heavy atom. The summed E-state index contributed by atoms with van der Waals surface area (Å²) in [4.78, 5) is 12.4. The average molecular weight is 242 g/mol. The molecular formula is C16H18O2. The van der Waals surface area contributed by atoms with E-state index in [9.17, 15) is 9.90 Å². The van der Waals surface area contributed by atoms with Crippen LogP contribution in [0.25, 0.3) is 0 Å². The zero-order valence-corrected chi connectivity index (χ0v) is 11.0. The molecule has 0 saturated heterocycles. The van der Waals surface area contributed by atoms with E-state index in [0.29, 0.717) is 12.0 Å². The first-order valence-corrected chi connectivity index (χ1v) is 6.17. The molecule has 0 heterocycles. The monoisotopic (exact) mass is 242 g/mol. The summed E-state index contributed by atoms with van der Waals surface area (Å²) >= 11 is 0. The first-order chi connectivity index (χ1) is 8.52. The average Bonchev–Trinajstić information content (AvgIpc) is 2.36. The molecule has 0 fully saturated rings. The van der Waals surface area contributed by atoms with E-state index < -0.39 is 6.10 Å². The van der Waals surface area contributed by atoms with Gasteiger partial charge in [-0.3, -0.25) is 4.79 Å². The molecule has 0 saturated carbocycles. The van der Waals surface area contributed by atoms with Gasteiger partial charge in [0.05, 0.1) is 0 Å². The summed E-state index contributed by atoms with van der Waals surface area (Å²) in [6, 6.07) is 7.29. The summed E-state index contributed by atoms with van der Waals surface area (Å²) in [7, 11) is 0. The maximum Gasteiger partial charge on any atom is 0.189 e. The summed E-state index contributed by atoms with van der Waals surface area (Å²) in [5, 5.41) is 10.3. The van der Waals surface area contributed by atoms with Crippen LogP contribution in [0.5, 0.6) is 0 Å². The van der Waals surface area contributed by atoms with Crippen molar-refractivity contribution in [3.8, 4) is 0 Å². The highest BCUT2D eigenvalue weighted by Gasteiger charge is 2.28. The third kappa shape index (κ3) is 2.16. The lowest BCUT2D eigenvalue weighted by Crippen LogP contribution is -2.19. The minimum absolute atomic E-state index is 0.0471. The van der Waals surface area contributed by atoms with E-state index in [1.165, 1.54) is 5.57 Å². The van der Waals surface area contributed by atoms with Gasteiger partial charge >= 0.3 is 0 Å². The van der Waals surface area contributed by atoms with Crippen LogP contribution in [0.4, 0.5) is 0 Å². The van der Waals surface area contributed by atoms with E-state index in [2.05, 4.69) is 0 Å². The molecule has 0 bridgehead atoms. The number of aliphatic hydroxyl groups excluding tert-OH is 1. The summed E-state index contributed by atoms with van der Waals surface area (Å²) in [5.74, 6) is 0.0471. The number of carbonyl (C=O) groups excluding carboxylic acids is 1. The Bertz CT molecular complexity index is 546. The van der Waals surface area contributed by atoms with Crippen LogP contribution in [0.3, 0.4) is 0 Å². The molecule has 1 aliphatic rings. The molecule has 94 valence electrons. The molecular weight excluding hydrogens is 224 g/mol. The number of ketones is 1. The lowest BCUT2D eigenvalue weighted by atomic mass is 9.82. The number of Topliss-reactive ketones (excluding diaryl/α,β-unsaturated/α-hetero) is 1. The van der Waals surface area contributed by atoms with Crippen molar-refractivity contribution in [2.75, 3.05) is 0 Å². The molecule has 0 spiro atoms. The second-order valence-electron chi connectivity index (χ2n) is 4.97. The Labute approximate surface area is 108 Å². The van der Waals surface area contributed by atoms with Crippen LogP contribution < -0.4 is 0 Å². The molecule has 18 heavy (non-hydrogen) atoms. The Kier molecular flexibility index (Phi) is 3.48. The van der Waals surface area contributed by atoms with Crippen LogP contribution in [0.1, 0.15) is 49.2 Å². The highest BCUT2D eigenvalue weighted by Crippen LogP contribution is 2.35. The van der Waals surface area contributed by atoms with Crippen molar-refractivity contribution < 1.29 is 9.90 Å². The zero-order valence-electron chi connectivity index (χ0n) is 11.0. The maximum absolute atomic E-state index is 12.4. The van der Waals surface area contributed by atoms with Crippen LogP contribution in [0, 0.1) is 0 Å². The first-order valence-electron chi connectivity index (χ1n) is 6.17. The van der Waals surface area contributed by atoms with Crippen LogP contribution in [0.2, 0.25) is 0 Å². The number of aliphatic hydroxyl groups is 1. The van der Waals surface area contributed by atoms with Gasteiger partial charge in [0.1, 0.15) is 6.10 Å². The van der Waals surface area contributed by atoms with Crippen molar-refractivity contribution >= 4 is 5.78 Å². The molecule has 0 amide bonds. The Hall–Kier alpha value is -1.67. The van der Waals surface area contributed by atoms with E-state index in [1.54, 1.807) is 6.07 Å². The van der Waals surface area contributed by atoms with E-state index >= 15 is 0 Å². The number of benzene rings is 1. The lowest BCUT2D eigenvalue weighted by molar-refractivity contribution is 0.101. The molecule has 1 unspecified atom stereocenters. The molecule has 2 heteroatoms. The Morgan fingerprint density at radius 2 is 2.00 bits per heavy atom.